The minimum atomic E-state index is -0.256. The van der Waals surface area contributed by atoms with Crippen LogP contribution < -0.4 is 10.9 Å². The van der Waals surface area contributed by atoms with Crippen LogP contribution in [-0.4, -0.2) is 16.8 Å². The number of carbonyl (C=O) groups excluding carboxylic acids is 2. The van der Waals surface area contributed by atoms with Crippen LogP contribution in [0.1, 0.15) is 18.5 Å². The Labute approximate surface area is 126 Å². The SMILES string of the molecule is O=C(Cc1csc(-c2ccccc2)n1)NNC(=O)C1CC1. The average Bonchev–Trinajstić information content (AvgIpc) is 3.26. The molecule has 0 saturated heterocycles. The summed E-state index contributed by atoms with van der Waals surface area (Å²) in [6.07, 6.45) is 1.98. The number of nitrogens with one attached hydrogen (secondary N) is 2. The number of nitrogens with zero attached hydrogens (tertiary/aromatic N) is 1. The van der Waals surface area contributed by atoms with Gasteiger partial charge in [-0.25, -0.2) is 4.98 Å². The van der Waals surface area contributed by atoms with Crippen LogP contribution in [-0.2, 0) is 16.0 Å². The molecule has 1 fully saturated rings. The van der Waals surface area contributed by atoms with Crippen molar-refractivity contribution in [2.75, 3.05) is 0 Å². The lowest BCUT2D eigenvalue weighted by atomic mass is 10.2. The van der Waals surface area contributed by atoms with Gasteiger partial charge in [-0.05, 0) is 12.8 Å². The minimum absolute atomic E-state index is 0.0780. The predicted molar refractivity (Wildman–Crippen MR) is 80.3 cm³/mol. The Bertz CT molecular complexity index is 650. The molecule has 0 bridgehead atoms. The summed E-state index contributed by atoms with van der Waals surface area (Å²) in [4.78, 5) is 27.6. The van der Waals surface area contributed by atoms with Crippen LogP contribution in [0.25, 0.3) is 10.6 Å². The fourth-order valence-corrected chi connectivity index (χ4v) is 2.71. The summed E-state index contributed by atoms with van der Waals surface area (Å²) in [6.45, 7) is 0. The maximum absolute atomic E-state index is 11.7. The van der Waals surface area contributed by atoms with E-state index in [1.54, 1.807) is 0 Å². The van der Waals surface area contributed by atoms with Gasteiger partial charge >= 0.3 is 0 Å². The van der Waals surface area contributed by atoms with Gasteiger partial charge < -0.3 is 0 Å². The molecule has 1 saturated carbocycles. The van der Waals surface area contributed by atoms with E-state index in [9.17, 15) is 9.59 Å². The second kappa shape index (κ2) is 6.05. The van der Waals surface area contributed by atoms with Gasteiger partial charge in [0, 0.05) is 16.9 Å². The summed E-state index contributed by atoms with van der Waals surface area (Å²) in [5.41, 5.74) is 6.61. The third-order valence-corrected chi connectivity index (χ3v) is 4.13. The maximum atomic E-state index is 11.7. The van der Waals surface area contributed by atoms with Gasteiger partial charge in [0.2, 0.25) is 11.8 Å². The number of hydrogen-bond donors (Lipinski definition) is 2. The predicted octanol–water partition coefficient (Wildman–Crippen LogP) is 1.91. The molecular weight excluding hydrogens is 286 g/mol. The van der Waals surface area contributed by atoms with Crippen molar-refractivity contribution in [2.45, 2.75) is 19.3 Å². The highest BCUT2D eigenvalue weighted by atomic mass is 32.1. The van der Waals surface area contributed by atoms with Gasteiger partial charge in [0.25, 0.3) is 0 Å². The summed E-state index contributed by atoms with van der Waals surface area (Å²) in [5, 5.41) is 2.75. The molecule has 3 rings (SSSR count). The van der Waals surface area contributed by atoms with Crippen molar-refractivity contribution in [1.29, 1.82) is 0 Å². The summed E-state index contributed by atoms with van der Waals surface area (Å²) in [5.74, 6) is -0.283. The van der Waals surface area contributed by atoms with Crippen molar-refractivity contribution in [2.24, 2.45) is 5.92 Å². The van der Waals surface area contributed by atoms with E-state index in [0.717, 1.165) is 23.4 Å². The minimum Gasteiger partial charge on any atom is -0.273 e. The molecule has 0 unspecified atom stereocenters. The molecular formula is C15H15N3O2S. The molecule has 0 aliphatic heterocycles. The monoisotopic (exact) mass is 301 g/mol. The van der Waals surface area contributed by atoms with Crippen molar-refractivity contribution >= 4 is 23.2 Å². The fourth-order valence-electron chi connectivity index (χ4n) is 1.89. The average molecular weight is 301 g/mol. The molecule has 108 valence electrons. The van der Waals surface area contributed by atoms with Crippen molar-refractivity contribution in [3.8, 4) is 10.6 Å². The molecule has 0 radical (unpaired) electrons. The van der Waals surface area contributed by atoms with Gasteiger partial charge in [0.05, 0.1) is 12.1 Å². The Kier molecular flexibility index (Phi) is 3.96. The first-order valence-electron chi connectivity index (χ1n) is 6.81. The topological polar surface area (TPSA) is 71.1 Å². The molecule has 0 atom stereocenters. The summed E-state index contributed by atoms with van der Waals surface area (Å²) < 4.78 is 0. The molecule has 1 aromatic carbocycles. The van der Waals surface area contributed by atoms with Crippen molar-refractivity contribution in [3.05, 3.63) is 41.4 Å². The number of hydrazine groups is 1. The van der Waals surface area contributed by atoms with Crippen LogP contribution in [0.3, 0.4) is 0 Å². The summed E-state index contributed by atoms with van der Waals surface area (Å²) in [7, 11) is 0. The van der Waals surface area contributed by atoms with Crippen LogP contribution in [0.5, 0.6) is 0 Å². The highest BCUT2D eigenvalue weighted by Gasteiger charge is 2.29. The van der Waals surface area contributed by atoms with E-state index < -0.39 is 0 Å². The van der Waals surface area contributed by atoms with E-state index in [4.69, 9.17) is 0 Å². The second-order valence-corrected chi connectivity index (χ2v) is 5.86. The molecule has 1 aliphatic rings. The molecule has 1 aliphatic carbocycles. The lowest BCUT2D eigenvalue weighted by Gasteiger charge is -2.05. The van der Waals surface area contributed by atoms with E-state index in [1.165, 1.54) is 11.3 Å². The van der Waals surface area contributed by atoms with Gasteiger partial charge in [-0.15, -0.1) is 11.3 Å². The number of amides is 2. The number of hydrogen-bond acceptors (Lipinski definition) is 4. The zero-order chi connectivity index (χ0) is 14.7. The van der Waals surface area contributed by atoms with Gasteiger partial charge in [-0.1, -0.05) is 30.3 Å². The smallest absolute Gasteiger partial charge is 0.244 e. The van der Waals surface area contributed by atoms with Gasteiger partial charge in [-0.3, -0.25) is 20.4 Å². The first-order chi connectivity index (χ1) is 10.2. The molecule has 6 heteroatoms. The van der Waals surface area contributed by atoms with E-state index >= 15 is 0 Å². The van der Waals surface area contributed by atoms with E-state index in [2.05, 4.69) is 15.8 Å². The first kappa shape index (κ1) is 13.8. The normalized spacial score (nSPS) is 13.7. The molecule has 1 heterocycles. The zero-order valence-corrected chi connectivity index (χ0v) is 12.2. The largest absolute Gasteiger partial charge is 0.273 e. The molecule has 2 amide bonds. The third kappa shape index (κ3) is 3.66. The lowest BCUT2D eigenvalue weighted by Crippen LogP contribution is -2.43. The van der Waals surface area contributed by atoms with Gasteiger partial charge in [0.15, 0.2) is 0 Å². The van der Waals surface area contributed by atoms with Crippen molar-refractivity contribution < 1.29 is 9.59 Å². The Morgan fingerprint density at radius 3 is 2.67 bits per heavy atom. The molecule has 2 N–H and O–H groups in total. The van der Waals surface area contributed by atoms with E-state index in [1.807, 2.05) is 35.7 Å². The fraction of sp³-hybridized carbons (Fsp3) is 0.267. The number of carbonyl (C=O) groups is 2. The van der Waals surface area contributed by atoms with Crippen LogP contribution in [0.2, 0.25) is 0 Å². The molecule has 0 spiro atoms. The molecule has 2 aromatic rings. The van der Waals surface area contributed by atoms with Crippen molar-refractivity contribution in [3.63, 3.8) is 0 Å². The van der Waals surface area contributed by atoms with Gasteiger partial charge in [0.1, 0.15) is 5.01 Å². The van der Waals surface area contributed by atoms with Crippen LogP contribution in [0.4, 0.5) is 0 Å². The Hall–Kier alpha value is -2.21. The van der Waals surface area contributed by atoms with E-state index in [-0.39, 0.29) is 24.2 Å². The Balaban J connectivity index is 1.54. The van der Waals surface area contributed by atoms with E-state index in [0.29, 0.717) is 5.69 Å². The number of benzene rings is 1. The Morgan fingerprint density at radius 1 is 1.19 bits per heavy atom. The molecule has 21 heavy (non-hydrogen) atoms. The van der Waals surface area contributed by atoms with Crippen LogP contribution >= 0.6 is 11.3 Å². The summed E-state index contributed by atoms with van der Waals surface area (Å²) in [6, 6.07) is 9.83. The van der Waals surface area contributed by atoms with Crippen LogP contribution in [0, 0.1) is 5.92 Å². The second-order valence-electron chi connectivity index (χ2n) is 5.00. The third-order valence-electron chi connectivity index (χ3n) is 3.19. The summed E-state index contributed by atoms with van der Waals surface area (Å²) >= 11 is 1.51. The number of thiazole rings is 1. The number of aromatic nitrogens is 1. The maximum Gasteiger partial charge on any atom is 0.244 e. The quantitative estimate of drug-likeness (QED) is 0.847. The highest BCUT2D eigenvalue weighted by Crippen LogP contribution is 2.28. The van der Waals surface area contributed by atoms with Gasteiger partial charge in [-0.2, -0.15) is 0 Å². The van der Waals surface area contributed by atoms with Crippen LogP contribution in [0.15, 0.2) is 35.7 Å². The lowest BCUT2D eigenvalue weighted by molar-refractivity contribution is -0.129. The first-order valence-corrected chi connectivity index (χ1v) is 7.69. The number of rotatable bonds is 4. The standard InChI is InChI=1S/C15H15N3O2S/c19-13(17-18-14(20)10-6-7-10)8-12-9-21-15(16-12)11-4-2-1-3-5-11/h1-5,9-10H,6-8H2,(H,17,19)(H,18,20). The zero-order valence-electron chi connectivity index (χ0n) is 11.3. The van der Waals surface area contributed by atoms with Crippen molar-refractivity contribution in [1.82, 2.24) is 15.8 Å². The molecule has 5 nitrogen and oxygen atoms in total. The highest BCUT2D eigenvalue weighted by molar-refractivity contribution is 7.13. The molecule has 1 aromatic heterocycles. The Morgan fingerprint density at radius 2 is 1.95 bits per heavy atom.